The molecule has 0 aromatic heterocycles. The Morgan fingerprint density at radius 3 is 1.44 bits per heavy atom. The first-order valence-corrected chi connectivity index (χ1v) is 6.84. The van der Waals surface area contributed by atoms with Gasteiger partial charge in [0.2, 0.25) is 0 Å². The molecule has 0 saturated carbocycles. The van der Waals surface area contributed by atoms with Crippen LogP contribution in [0.5, 0.6) is 0 Å². The largest absolute Gasteiger partial charge is 0.330 e. The van der Waals surface area contributed by atoms with Crippen LogP contribution in [0.2, 0.25) is 0 Å². The maximum absolute atomic E-state index is 7.32. The molecule has 2 N–H and O–H groups in total. The van der Waals surface area contributed by atoms with Crippen LogP contribution in [0.3, 0.4) is 0 Å². The quantitative estimate of drug-likeness (QED) is 0.561. The van der Waals surface area contributed by atoms with Crippen LogP contribution in [-0.4, -0.2) is 6.54 Å². The summed E-state index contributed by atoms with van der Waals surface area (Å²) in [4.78, 5) is 0. The average Bonchev–Trinajstić information content (AvgIpc) is 2.28. The third-order valence-electron chi connectivity index (χ3n) is 2.56. The molecule has 0 heterocycles. The van der Waals surface area contributed by atoms with Crippen molar-refractivity contribution in [2.24, 2.45) is 5.73 Å². The molecular formula is C14H30N2. The van der Waals surface area contributed by atoms with Gasteiger partial charge in [-0.15, -0.1) is 0 Å². The molecule has 2 nitrogen and oxygen atoms in total. The van der Waals surface area contributed by atoms with Crippen LogP contribution in [-0.2, 0) is 0 Å². The van der Waals surface area contributed by atoms with Gasteiger partial charge in [-0.05, 0) is 13.0 Å². The zero-order valence-electron chi connectivity index (χ0n) is 11.3. The molecule has 0 rings (SSSR count). The van der Waals surface area contributed by atoms with E-state index >= 15 is 0 Å². The van der Waals surface area contributed by atoms with E-state index in [-0.39, 0.29) is 0 Å². The van der Waals surface area contributed by atoms with E-state index in [9.17, 15) is 0 Å². The van der Waals surface area contributed by atoms with Gasteiger partial charge < -0.3 is 5.73 Å². The van der Waals surface area contributed by atoms with E-state index in [1.54, 1.807) is 6.07 Å². The van der Waals surface area contributed by atoms with Crippen molar-refractivity contribution >= 4 is 0 Å². The van der Waals surface area contributed by atoms with E-state index in [1.807, 2.05) is 0 Å². The predicted molar refractivity (Wildman–Crippen MR) is 72.2 cm³/mol. The first-order valence-electron chi connectivity index (χ1n) is 6.84. The molecule has 0 amide bonds. The molecule has 0 fully saturated rings. The number of hydrogen-bond donors (Lipinski definition) is 1. The smallest absolute Gasteiger partial charge is 0.0587 e. The highest BCUT2D eigenvalue weighted by Gasteiger charge is 1.91. The maximum atomic E-state index is 7.32. The molecule has 0 radical (unpaired) electrons. The minimum atomic E-state index is 0.872. The third kappa shape index (κ3) is 23.3. The molecular weight excluding hydrogens is 196 g/mol. The van der Waals surface area contributed by atoms with E-state index < -0.39 is 0 Å². The van der Waals surface area contributed by atoms with Crippen LogP contribution < -0.4 is 5.73 Å². The van der Waals surface area contributed by atoms with Crippen LogP contribution >= 0.6 is 0 Å². The van der Waals surface area contributed by atoms with Gasteiger partial charge in [-0.25, -0.2) is 0 Å². The molecule has 96 valence electrons. The number of nitrogens with two attached hydrogens (primary N) is 1. The molecule has 0 atom stereocenters. The van der Waals surface area contributed by atoms with Gasteiger partial charge in [0.05, 0.1) is 6.07 Å². The lowest BCUT2D eigenvalue weighted by Gasteiger charge is -2.00. The maximum Gasteiger partial charge on any atom is 0.0587 e. The van der Waals surface area contributed by atoms with Crippen molar-refractivity contribution in [3.05, 3.63) is 0 Å². The van der Waals surface area contributed by atoms with E-state index in [0.29, 0.717) is 0 Å². The Bertz CT molecular complexity index is 128. The summed E-state index contributed by atoms with van der Waals surface area (Å²) in [6.07, 6.45) is 13.9. The van der Waals surface area contributed by atoms with Gasteiger partial charge in [-0.2, -0.15) is 5.26 Å². The van der Waals surface area contributed by atoms with Crippen LogP contribution in [0.4, 0.5) is 0 Å². The average molecular weight is 226 g/mol. The van der Waals surface area contributed by atoms with Gasteiger partial charge in [-0.1, -0.05) is 64.7 Å². The van der Waals surface area contributed by atoms with Gasteiger partial charge in [0, 0.05) is 6.92 Å². The monoisotopic (exact) mass is 226 g/mol. The van der Waals surface area contributed by atoms with Crippen molar-refractivity contribution in [3.63, 3.8) is 0 Å². The Morgan fingerprint density at radius 2 is 1.12 bits per heavy atom. The summed E-state index contributed by atoms with van der Waals surface area (Å²) in [5.74, 6) is 0. The molecule has 0 saturated heterocycles. The first-order chi connectivity index (χ1) is 7.83. The lowest BCUT2D eigenvalue weighted by Crippen LogP contribution is -1.97. The van der Waals surface area contributed by atoms with Crippen LogP contribution in [0, 0.1) is 11.3 Å². The van der Waals surface area contributed by atoms with Crippen molar-refractivity contribution in [2.75, 3.05) is 6.54 Å². The van der Waals surface area contributed by atoms with E-state index in [4.69, 9.17) is 11.0 Å². The van der Waals surface area contributed by atoms with Crippen molar-refractivity contribution in [2.45, 2.75) is 78.1 Å². The number of nitriles is 1. The lowest BCUT2D eigenvalue weighted by atomic mass is 10.1. The Hall–Kier alpha value is -0.550. The second kappa shape index (κ2) is 19.9. The summed E-state index contributed by atoms with van der Waals surface area (Å²) >= 11 is 0. The van der Waals surface area contributed by atoms with E-state index in [1.165, 1.54) is 71.1 Å². The number of nitrogens with zero attached hydrogens (tertiary/aromatic N) is 1. The molecule has 0 aliphatic rings. The summed E-state index contributed by atoms with van der Waals surface area (Å²) in [6.45, 7) is 4.57. The fraction of sp³-hybridized carbons (Fsp3) is 0.929. The number of rotatable bonds is 10. The highest BCUT2D eigenvalue weighted by atomic mass is 14.5. The summed E-state index contributed by atoms with van der Waals surface area (Å²) in [6, 6.07) is 1.75. The zero-order chi connectivity index (χ0) is 12.5. The normalized spacial score (nSPS) is 9.12. The van der Waals surface area contributed by atoms with Gasteiger partial charge in [0.1, 0.15) is 0 Å². The van der Waals surface area contributed by atoms with Crippen molar-refractivity contribution in [3.8, 4) is 6.07 Å². The van der Waals surface area contributed by atoms with Gasteiger partial charge >= 0.3 is 0 Å². The van der Waals surface area contributed by atoms with E-state index in [2.05, 4.69) is 6.92 Å². The third-order valence-corrected chi connectivity index (χ3v) is 2.56. The summed E-state index contributed by atoms with van der Waals surface area (Å²) < 4.78 is 0. The zero-order valence-corrected chi connectivity index (χ0v) is 11.3. The van der Waals surface area contributed by atoms with Crippen molar-refractivity contribution < 1.29 is 0 Å². The fourth-order valence-electron chi connectivity index (χ4n) is 1.63. The number of unbranched alkanes of at least 4 members (excludes halogenated alkanes) is 9. The molecule has 0 aliphatic heterocycles. The summed E-state index contributed by atoms with van der Waals surface area (Å²) in [5.41, 5.74) is 5.42. The topological polar surface area (TPSA) is 49.8 Å². The van der Waals surface area contributed by atoms with Gasteiger partial charge in [-0.3, -0.25) is 0 Å². The minimum absolute atomic E-state index is 0.872. The first kappa shape index (κ1) is 17.8. The highest BCUT2D eigenvalue weighted by molar-refractivity contribution is 4.51. The van der Waals surface area contributed by atoms with Crippen LogP contribution in [0.15, 0.2) is 0 Å². The molecule has 2 heteroatoms. The molecule has 0 aliphatic carbocycles. The summed E-state index contributed by atoms with van der Waals surface area (Å²) in [5, 5.41) is 7.32. The van der Waals surface area contributed by atoms with Crippen molar-refractivity contribution in [1.82, 2.24) is 0 Å². The van der Waals surface area contributed by atoms with Crippen LogP contribution in [0.1, 0.15) is 78.1 Å². The SMILES string of the molecule is CC#N.CCCCCCCCCCCCN. The molecule has 0 spiro atoms. The lowest BCUT2D eigenvalue weighted by molar-refractivity contribution is 0.558. The molecule has 0 aromatic carbocycles. The summed E-state index contributed by atoms with van der Waals surface area (Å²) in [7, 11) is 0. The second-order valence-corrected chi connectivity index (χ2v) is 4.19. The Balaban J connectivity index is 0. The Labute approximate surface area is 102 Å². The standard InChI is InChI=1S/C12H27N.C2H3N/c1-2-3-4-5-6-7-8-9-10-11-12-13;1-2-3/h2-13H2,1H3;1H3. The van der Waals surface area contributed by atoms with E-state index in [0.717, 1.165) is 6.54 Å². The van der Waals surface area contributed by atoms with Gasteiger partial charge in [0.25, 0.3) is 0 Å². The molecule has 0 unspecified atom stereocenters. The number of hydrogen-bond acceptors (Lipinski definition) is 2. The molecule has 16 heavy (non-hydrogen) atoms. The van der Waals surface area contributed by atoms with Crippen LogP contribution in [0.25, 0.3) is 0 Å². The molecule has 0 aromatic rings. The van der Waals surface area contributed by atoms with Crippen molar-refractivity contribution in [1.29, 1.82) is 5.26 Å². The Kier molecular flexibility index (Phi) is 22.2. The minimum Gasteiger partial charge on any atom is -0.330 e. The second-order valence-electron chi connectivity index (χ2n) is 4.19. The fourth-order valence-corrected chi connectivity index (χ4v) is 1.63. The Morgan fingerprint density at radius 1 is 0.812 bits per heavy atom. The highest BCUT2D eigenvalue weighted by Crippen LogP contribution is 2.09. The van der Waals surface area contributed by atoms with Gasteiger partial charge in [0.15, 0.2) is 0 Å². The molecule has 0 bridgehead atoms. The predicted octanol–water partition coefficient (Wildman–Crippen LogP) is 4.40.